The van der Waals surface area contributed by atoms with Gasteiger partial charge in [-0.15, -0.1) is 0 Å². The molecule has 0 fully saturated rings. The first kappa shape index (κ1) is 13.9. The molecule has 0 saturated carbocycles. The molecule has 102 valence electrons. The van der Waals surface area contributed by atoms with Crippen LogP contribution in [0.3, 0.4) is 0 Å². The molecular weight excluding hydrogens is 276 g/mol. The van der Waals surface area contributed by atoms with Gasteiger partial charge in [-0.2, -0.15) is 10.4 Å². The minimum Gasteiger partial charge on any atom is -0.431 e. The predicted octanol–water partition coefficient (Wildman–Crippen LogP) is 2.17. The number of anilines is 1. The van der Waals surface area contributed by atoms with Gasteiger partial charge in [0.2, 0.25) is 5.71 Å². The molecule has 2 rings (SSSR count). The van der Waals surface area contributed by atoms with Crippen LogP contribution < -0.4 is 11.2 Å². The number of hydrogen-bond acceptors (Lipinski definition) is 7. The monoisotopic (exact) mass is 288 g/mol. The van der Waals surface area contributed by atoms with E-state index in [0.717, 1.165) is 11.3 Å². The summed E-state index contributed by atoms with van der Waals surface area (Å²) in [4.78, 5) is 4.31. The van der Waals surface area contributed by atoms with Crippen LogP contribution in [0.1, 0.15) is 6.92 Å². The van der Waals surface area contributed by atoms with Crippen molar-refractivity contribution in [1.82, 2.24) is 4.98 Å². The van der Waals surface area contributed by atoms with Crippen molar-refractivity contribution in [2.45, 2.75) is 12.1 Å². The average Bonchev–Trinajstić information content (AvgIpc) is 2.81. The summed E-state index contributed by atoms with van der Waals surface area (Å²) < 4.78 is 5.56. The van der Waals surface area contributed by atoms with Crippen molar-refractivity contribution < 1.29 is 4.42 Å². The van der Waals surface area contributed by atoms with E-state index < -0.39 is 0 Å². The van der Waals surface area contributed by atoms with E-state index in [0.29, 0.717) is 16.5 Å². The van der Waals surface area contributed by atoms with Crippen LogP contribution in [0.15, 0.2) is 32.9 Å². The van der Waals surface area contributed by atoms with Crippen molar-refractivity contribution in [3.8, 4) is 6.07 Å². The number of fused-ring (bicyclic) bond motifs is 1. The van der Waals surface area contributed by atoms with Gasteiger partial charge in [-0.25, -0.2) is 4.98 Å². The number of aromatic nitrogens is 1. The Morgan fingerprint density at radius 3 is 3.10 bits per heavy atom. The second kappa shape index (κ2) is 6.08. The van der Waals surface area contributed by atoms with Gasteiger partial charge >= 0.3 is 0 Å². The SMILES string of the molecule is CCSc1nc2ccc(N/N=C(\C#N)C(=N)N)cc2o1. The van der Waals surface area contributed by atoms with Crippen LogP contribution in [0.4, 0.5) is 5.69 Å². The van der Waals surface area contributed by atoms with E-state index in [1.165, 1.54) is 11.8 Å². The van der Waals surface area contributed by atoms with Gasteiger partial charge in [0.1, 0.15) is 11.6 Å². The maximum Gasteiger partial charge on any atom is 0.256 e. The number of benzene rings is 1. The quantitative estimate of drug-likeness (QED) is 0.335. The van der Waals surface area contributed by atoms with Crippen molar-refractivity contribution in [2.24, 2.45) is 10.8 Å². The van der Waals surface area contributed by atoms with E-state index >= 15 is 0 Å². The van der Waals surface area contributed by atoms with Crippen LogP contribution in [-0.4, -0.2) is 22.3 Å². The number of rotatable bonds is 5. The normalized spacial score (nSPS) is 11.3. The van der Waals surface area contributed by atoms with Crippen LogP contribution >= 0.6 is 11.8 Å². The van der Waals surface area contributed by atoms with E-state index in [9.17, 15) is 0 Å². The zero-order valence-electron chi connectivity index (χ0n) is 10.7. The Balaban J connectivity index is 2.24. The molecule has 1 aromatic carbocycles. The summed E-state index contributed by atoms with van der Waals surface area (Å²) in [6.45, 7) is 2.02. The molecule has 8 heteroatoms. The van der Waals surface area contributed by atoms with E-state index in [4.69, 9.17) is 20.8 Å². The smallest absolute Gasteiger partial charge is 0.256 e. The molecule has 0 atom stereocenters. The molecular formula is C12H12N6OS. The molecule has 0 aliphatic heterocycles. The summed E-state index contributed by atoms with van der Waals surface area (Å²) in [7, 11) is 0. The highest BCUT2D eigenvalue weighted by atomic mass is 32.2. The Kier molecular flexibility index (Phi) is 4.22. The molecule has 0 spiro atoms. The lowest BCUT2D eigenvalue weighted by molar-refractivity contribution is 0.490. The topological polar surface area (TPSA) is 124 Å². The van der Waals surface area contributed by atoms with Gasteiger partial charge in [0, 0.05) is 6.07 Å². The van der Waals surface area contributed by atoms with Crippen molar-refractivity contribution >= 4 is 40.1 Å². The Morgan fingerprint density at radius 1 is 1.65 bits per heavy atom. The number of amidine groups is 1. The highest BCUT2D eigenvalue weighted by Crippen LogP contribution is 2.25. The van der Waals surface area contributed by atoms with Crippen molar-refractivity contribution in [2.75, 3.05) is 11.2 Å². The summed E-state index contributed by atoms with van der Waals surface area (Å²) in [5, 5.41) is 20.3. The van der Waals surface area contributed by atoms with Gasteiger partial charge in [0.15, 0.2) is 11.4 Å². The van der Waals surface area contributed by atoms with E-state index in [-0.39, 0.29) is 11.5 Å². The third kappa shape index (κ3) is 3.07. The van der Waals surface area contributed by atoms with Gasteiger partial charge in [0.25, 0.3) is 5.22 Å². The van der Waals surface area contributed by atoms with Gasteiger partial charge in [-0.1, -0.05) is 18.7 Å². The van der Waals surface area contributed by atoms with Crippen LogP contribution in [0.25, 0.3) is 11.1 Å². The minimum atomic E-state index is -0.387. The van der Waals surface area contributed by atoms with Gasteiger partial charge in [-0.3, -0.25) is 10.8 Å². The summed E-state index contributed by atoms with van der Waals surface area (Å²) in [5.74, 6) is 0.495. The number of nitriles is 1. The van der Waals surface area contributed by atoms with Gasteiger partial charge < -0.3 is 10.2 Å². The Morgan fingerprint density at radius 2 is 2.45 bits per heavy atom. The zero-order chi connectivity index (χ0) is 14.5. The van der Waals surface area contributed by atoms with E-state index in [2.05, 4.69) is 15.5 Å². The molecule has 0 bridgehead atoms. The largest absolute Gasteiger partial charge is 0.431 e. The van der Waals surface area contributed by atoms with Crippen LogP contribution in [0.2, 0.25) is 0 Å². The third-order valence-electron chi connectivity index (χ3n) is 2.29. The molecule has 1 heterocycles. The molecule has 7 nitrogen and oxygen atoms in total. The molecule has 0 amide bonds. The summed E-state index contributed by atoms with van der Waals surface area (Å²) >= 11 is 1.52. The predicted molar refractivity (Wildman–Crippen MR) is 79.0 cm³/mol. The number of hydrazone groups is 1. The lowest BCUT2D eigenvalue weighted by Crippen LogP contribution is -2.21. The molecule has 0 aliphatic carbocycles. The Labute approximate surface area is 119 Å². The first-order chi connectivity index (χ1) is 9.63. The molecule has 4 N–H and O–H groups in total. The van der Waals surface area contributed by atoms with Gasteiger partial charge in [0.05, 0.1) is 5.69 Å². The van der Waals surface area contributed by atoms with Gasteiger partial charge in [-0.05, 0) is 17.9 Å². The molecule has 0 aliphatic rings. The second-order valence-corrected chi connectivity index (χ2v) is 4.91. The van der Waals surface area contributed by atoms with Crippen LogP contribution in [-0.2, 0) is 0 Å². The second-order valence-electron chi connectivity index (χ2n) is 3.69. The first-order valence-electron chi connectivity index (χ1n) is 5.75. The molecule has 20 heavy (non-hydrogen) atoms. The number of thioether (sulfide) groups is 1. The summed E-state index contributed by atoms with van der Waals surface area (Å²) in [5.41, 5.74) is 9.68. The molecule has 2 aromatic rings. The first-order valence-corrected chi connectivity index (χ1v) is 6.74. The summed E-state index contributed by atoms with van der Waals surface area (Å²) in [6, 6.07) is 6.99. The lowest BCUT2D eigenvalue weighted by Gasteiger charge is -2.00. The maximum absolute atomic E-state index is 8.74. The number of hydrogen-bond donors (Lipinski definition) is 3. The third-order valence-corrected chi connectivity index (χ3v) is 3.00. The Bertz CT molecular complexity index is 714. The number of oxazole rings is 1. The fourth-order valence-electron chi connectivity index (χ4n) is 1.42. The highest BCUT2D eigenvalue weighted by Gasteiger charge is 2.06. The molecule has 0 saturated heterocycles. The standard InChI is InChI=1S/C12H12N6OS/c1-2-20-12-16-8-4-3-7(5-10(8)19-12)17-18-9(6-13)11(14)15/h3-5,17H,2H2,1H3,(H3,14,15)/b18-9+. The van der Waals surface area contributed by atoms with Crippen LogP contribution in [0.5, 0.6) is 0 Å². The minimum absolute atomic E-state index is 0.176. The highest BCUT2D eigenvalue weighted by molar-refractivity contribution is 7.99. The zero-order valence-corrected chi connectivity index (χ0v) is 11.5. The molecule has 0 radical (unpaired) electrons. The van der Waals surface area contributed by atoms with Crippen molar-refractivity contribution in [3.05, 3.63) is 18.2 Å². The Hall–Kier alpha value is -2.53. The van der Waals surface area contributed by atoms with E-state index in [1.54, 1.807) is 24.3 Å². The van der Waals surface area contributed by atoms with E-state index in [1.807, 2.05) is 6.92 Å². The summed E-state index contributed by atoms with van der Waals surface area (Å²) in [6.07, 6.45) is 0. The van der Waals surface area contributed by atoms with Crippen molar-refractivity contribution in [3.63, 3.8) is 0 Å². The lowest BCUT2D eigenvalue weighted by atomic mass is 10.3. The molecule has 0 unspecified atom stereocenters. The fourth-order valence-corrected chi connectivity index (χ4v) is 1.98. The number of nitrogens with zero attached hydrogens (tertiary/aromatic N) is 3. The average molecular weight is 288 g/mol. The number of nitrogens with one attached hydrogen (secondary N) is 2. The molecule has 1 aromatic heterocycles. The van der Waals surface area contributed by atoms with Crippen molar-refractivity contribution in [1.29, 1.82) is 10.7 Å². The number of nitrogens with two attached hydrogens (primary N) is 1. The fraction of sp³-hybridized carbons (Fsp3) is 0.167. The maximum atomic E-state index is 8.74. The van der Waals surface area contributed by atoms with Crippen LogP contribution in [0, 0.1) is 16.7 Å².